The monoisotopic (exact) mass is 383 g/mol. The molecule has 1 heterocycles. The first-order chi connectivity index (χ1) is 12.2. The second-order valence-electron chi connectivity index (χ2n) is 6.97. The molecule has 8 heteroatoms. The topological polar surface area (TPSA) is 79.0 Å². The number of carbonyl (C=O) groups is 1. The first kappa shape index (κ1) is 20.7. The second-order valence-corrected chi connectivity index (χ2v) is 9.12. The Hall–Kier alpha value is -1.64. The molecule has 0 spiro atoms. The van der Waals surface area contributed by atoms with E-state index in [1.807, 2.05) is 38.1 Å². The number of rotatable bonds is 7. The Morgan fingerprint density at radius 3 is 2.73 bits per heavy atom. The summed E-state index contributed by atoms with van der Waals surface area (Å²) >= 11 is 0. The minimum atomic E-state index is -3.48. The molecule has 1 N–H and O–H groups in total. The van der Waals surface area contributed by atoms with Gasteiger partial charge in [-0.15, -0.1) is 0 Å². The lowest BCUT2D eigenvalue weighted by atomic mass is 9.98. The SMILES string of the molecule is Cc1ccccc1OC[C@@H](C)NC(=O)[C@H]1CCCN(S(=O)(=O)N(C)C)C1. The molecule has 7 nitrogen and oxygen atoms in total. The van der Waals surface area contributed by atoms with E-state index in [9.17, 15) is 13.2 Å². The number of nitrogens with zero attached hydrogens (tertiary/aromatic N) is 2. The molecule has 1 amide bonds. The minimum Gasteiger partial charge on any atom is -0.491 e. The van der Waals surface area contributed by atoms with Gasteiger partial charge in [-0.1, -0.05) is 18.2 Å². The van der Waals surface area contributed by atoms with Gasteiger partial charge in [0.25, 0.3) is 10.2 Å². The molecule has 0 aliphatic carbocycles. The summed E-state index contributed by atoms with van der Waals surface area (Å²) in [5.41, 5.74) is 1.04. The van der Waals surface area contributed by atoms with Gasteiger partial charge in [-0.3, -0.25) is 4.79 Å². The van der Waals surface area contributed by atoms with Gasteiger partial charge in [-0.2, -0.15) is 17.0 Å². The zero-order chi connectivity index (χ0) is 19.3. The summed E-state index contributed by atoms with van der Waals surface area (Å²) in [6, 6.07) is 7.56. The third-order valence-corrected chi connectivity index (χ3v) is 6.42. The van der Waals surface area contributed by atoms with Crippen LogP contribution in [0.3, 0.4) is 0 Å². The number of hydrogen-bond acceptors (Lipinski definition) is 4. The van der Waals surface area contributed by atoms with E-state index in [1.54, 1.807) is 0 Å². The van der Waals surface area contributed by atoms with E-state index in [0.717, 1.165) is 11.3 Å². The molecule has 146 valence electrons. The molecule has 1 aliphatic rings. The van der Waals surface area contributed by atoms with Crippen LogP contribution in [0.25, 0.3) is 0 Å². The lowest BCUT2D eigenvalue weighted by molar-refractivity contribution is -0.126. The molecular weight excluding hydrogens is 354 g/mol. The van der Waals surface area contributed by atoms with Crippen molar-refractivity contribution in [3.63, 3.8) is 0 Å². The van der Waals surface area contributed by atoms with Crippen molar-refractivity contribution in [2.24, 2.45) is 5.92 Å². The molecule has 0 aromatic heterocycles. The van der Waals surface area contributed by atoms with Crippen LogP contribution in [-0.2, 0) is 15.0 Å². The number of piperidine rings is 1. The van der Waals surface area contributed by atoms with Crippen molar-refractivity contribution in [1.82, 2.24) is 13.9 Å². The molecule has 2 atom stereocenters. The van der Waals surface area contributed by atoms with Gasteiger partial charge in [0.2, 0.25) is 5.91 Å². The Labute approximate surface area is 156 Å². The van der Waals surface area contributed by atoms with Crippen LogP contribution in [-0.4, -0.2) is 62.8 Å². The number of amides is 1. The third-order valence-electron chi connectivity index (χ3n) is 4.51. The maximum absolute atomic E-state index is 12.5. The summed E-state index contributed by atoms with van der Waals surface area (Å²) in [4.78, 5) is 12.5. The van der Waals surface area contributed by atoms with E-state index in [0.29, 0.717) is 26.0 Å². The number of hydrogen-bond donors (Lipinski definition) is 1. The van der Waals surface area contributed by atoms with Crippen LogP contribution in [0.4, 0.5) is 0 Å². The van der Waals surface area contributed by atoms with Crippen molar-refractivity contribution in [3.8, 4) is 5.75 Å². The predicted octanol–water partition coefficient (Wildman–Crippen LogP) is 1.40. The average Bonchev–Trinajstić information content (AvgIpc) is 2.61. The summed E-state index contributed by atoms with van der Waals surface area (Å²) in [6.45, 7) is 4.89. The van der Waals surface area contributed by atoms with Crippen LogP contribution in [0.2, 0.25) is 0 Å². The van der Waals surface area contributed by atoms with Gasteiger partial charge >= 0.3 is 0 Å². The van der Waals surface area contributed by atoms with Crippen LogP contribution in [0.1, 0.15) is 25.3 Å². The molecule has 0 unspecified atom stereocenters. The fraction of sp³-hybridized carbons (Fsp3) is 0.611. The molecular formula is C18H29N3O4S. The number of ether oxygens (including phenoxy) is 1. The Kier molecular flexibility index (Phi) is 7.02. The van der Waals surface area contributed by atoms with Gasteiger partial charge in [-0.05, 0) is 38.3 Å². The number of benzene rings is 1. The molecule has 2 rings (SSSR count). The highest BCUT2D eigenvalue weighted by atomic mass is 32.2. The van der Waals surface area contributed by atoms with E-state index in [4.69, 9.17) is 4.74 Å². The van der Waals surface area contributed by atoms with Gasteiger partial charge in [-0.25, -0.2) is 0 Å². The van der Waals surface area contributed by atoms with Crippen LogP contribution in [0.5, 0.6) is 5.75 Å². The zero-order valence-corrected chi connectivity index (χ0v) is 16.8. The number of aryl methyl sites for hydroxylation is 1. The first-order valence-corrected chi connectivity index (χ1v) is 10.3. The van der Waals surface area contributed by atoms with Crippen molar-refractivity contribution in [2.75, 3.05) is 33.8 Å². The van der Waals surface area contributed by atoms with Crippen LogP contribution in [0, 0.1) is 12.8 Å². The summed E-state index contributed by atoms with van der Waals surface area (Å²) in [5, 5.41) is 2.94. The van der Waals surface area contributed by atoms with Crippen molar-refractivity contribution in [1.29, 1.82) is 0 Å². The molecule has 1 fully saturated rings. The number of carbonyl (C=O) groups excluding carboxylic acids is 1. The van der Waals surface area contributed by atoms with E-state index in [2.05, 4.69) is 5.32 Å². The van der Waals surface area contributed by atoms with E-state index in [1.165, 1.54) is 22.7 Å². The highest BCUT2D eigenvalue weighted by Gasteiger charge is 2.33. The van der Waals surface area contributed by atoms with E-state index in [-0.39, 0.29) is 24.4 Å². The molecule has 1 saturated heterocycles. The fourth-order valence-electron chi connectivity index (χ4n) is 2.93. The predicted molar refractivity (Wildman–Crippen MR) is 101 cm³/mol. The summed E-state index contributed by atoms with van der Waals surface area (Å²) in [7, 11) is -0.476. The smallest absolute Gasteiger partial charge is 0.281 e. The molecule has 1 aromatic carbocycles. The van der Waals surface area contributed by atoms with Crippen LogP contribution in [0.15, 0.2) is 24.3 Å². The second kappa shape index (κ2) is 8.83. The standard InChI is InChI=1S/C18H29N3O4S/c1-14-8-5-6-10-17(14)25-13-15(2)19-18(22)16-9-7-11-21(12-16)26(23,24)20(3)4/h5-6,8,10,15-16H,7,9,11-13H2,1-4H3,(H,19,22)/t15-,16+/m1/s1. The van der Waals surface area contributed by atoms with Gasteiger partial charge < -0.3 is 10.1 Å². The molecule has 1 aromatic rings. The highest BCUT2D eigenvalue weighted by molar-refractivity contribution is 7.86. The maximum atomic E-state index is 12.5. The molecule has 1 aliphatic heterocycles. The highest BCUT2D eigenvalue weighted by Crippen LogP contribution is 2.21. The molecule has 0 radical (unpaired) electrons. The Bertz CT molecular complexity index is 721. The lowest BCUT2D eigenvalue weighted by Crippen LogP contribution is -2.50. The number of para-hydroxylation sites is 1. The number of nitrogens with one attached hydrogen (secondary N) is 1. The Morgan fingerprint density at radius 2 is 2.08 bits per heavy atom. The van der Waals surface area contributed by atoms with E-state index >= 15 is 0 Å². The van der Waals surface area contributed by atoms with Crippen molar-refractivity contribution >= 4 is 16.1 Å². The van der Waals surface area contributed by atoms with Crippen molar-refractivity contribution in [3.05, 3.63) is 29.8 Å². The van der Waals surface area contributed by atoms with Crippen LogP contribution >= 0.6 is 0 Å². The van der Waals surface area contributed by atoms with Crippen molar-refractivity contribution < 1.29 is 17.9 Å². The summed E-state index contributed by atoms with van der Waals surface area (Å²) in [5.74, 6) is 0.346. The normalized spacial score (nSPS) is 20.0. The molecule has 26 heavy (non-hydrogen) atoms. The van der Waals surface area contributed by atoms with Gasteiger partial charge in [0, 0.05) is 27.2 Å². The summed E-state index contributed by atoms with van der Waals surface area (Å²) in [6.07, 6.45) is 1.37. The van der Waals surface area contributed by atoms with Gasteiger partial charge in [0.1, 0.15) is 12.4 Å². The van der Waals surface area contributed by atoms with Gasteiger partial charge in [0.15, 0.2) is 0 Å². The fourth-order valence-corrected chi connectivity index (χ4v) is 4.12. The largest absolute Gasteiger partial charge is 0.491 e. The third kappa shape index (κ3) is 5.18. The maximum Gasteiger partial charge on any atom is 0.281 e. The van der Waals surface area contributed by atoms with Crippen LogP contribution < -0.4 is 10.1 Å². The zero-order valence-electron chi connectivity index (χ0n) is 15.9. The average molecular weight is 384 g/mol. The van der Waals surface area contributed by atoms with E-state index < -0.39 is 10.2 Å². The molecule has 0 bridgehead atoms. The van der Waals surface area contributed by atoms with Gasteiger partial charge in [0.05, 0.1) is 12.0 Å². The first-order valence-electron chi connectivity index (χ1n) is 8.88. The summed E-state index contributed by atoms with van der Waals surface area (Å²) < 4.78 is 32.9. The lowest BCUT2D eigenvalue weighted by Gasteiger charge is -2.33. The molecule has 0 saturated carbocycles. The minimum absolute atomic E-state index is 0.121. The Morgan fingerprint density at radius 1 is 1.38 bits per heavy atom. The quantitative estimate of drug-likeness (QED) is 0.772. The Balaban J connectivity index is 1.87. The van der Waals surface area contributed by atoms with Crippen molar-refractivity contribution in [2.45, 2.75) is 32.7 Å².